The molecule has 0 atom stereocenters. The van der Waals surface area contributed by atoms with Gasteiger partial charge in [0, 0.05) is 11.1 Å². The summed E-state index contributed by atoms with van der Waals surface area (Å²) in [5.74, 6) is 1.20. The van der Waals surface area contributed by atoms with Gasteiger partial charge >= 0.3 is 0 Å². The van der Waals surface area contributed by atoms with Gasteiger partial charge in [-0.3, -0.25) is 0 Å². The van der Waals surface area contributed by atoms with Crippen molar-refractivity contribution in [2.45, 2.75) is 19.3 Å². The Morgan fingerprint density at radius 2 is 1.75 bits per heavy atom. The van der Waals surface area contributed by atoms with E-state index < -0.39 is 0 Å². The van der Waals surface area contributed by atoms with E-state index in [1.54, 1.807) is 0 Å². The van der Waals surface area contributed by atoms with Gasteiger partial charge in [0.1, 0.15) is 17.7 Å². The van der Waals surface area contributed by atoms with Crippen molar-refractivity contribution in [3.63, 3.8) is 0 Å². The molecule has 2 heterocycles. The molecule has 0 fully saturated rings. The molecule has 0 saturated heterocycles. The van der Waals surface area contributed by atoms with Gasteiger partial charge in [-0.25, -0.2) is 15.0 Å². The number of H-pyrrole nitrogens is 1. The molecule has 1 aromatic carbocycles. The molecule has 5 N–H and O–H groups in total. The maximum atomic E-state index is 5.83. The molecule has 6 nitrogen and oxygen atoms in total. The molecule has 0 radical (unpaired) electrons. The number of fused-ring (bicyclic) bond motifs is 1. The fourth-order valence-electron chi connectivity index (χ4n) is 2.18. The second-order valence-electron chi connectivity index (χ2n) is 5.29. The first-order valence-electron chi connectivity index (χ1n) is 6.31. The molecule has 0 aliphatic heterocycles. The molecule has 0 saturated carbocycles. The Morgan fingerprint density at radius 1 is 1.05 bits per heavy atom. The Hall–Kier alpha value is -2.63. The number of nitrogens with two attached hydrogens (primary N) is 2. The quantitative estimate of drug-likeness (QED) is 0.615. The number of rotatable bonds is 2. The Morgan fingerprint density at radius 3 is 2.40 bits per heavy atom. The molecular formula is C14H16N6. The van der Waals surface area contributed by atoms with Crippen LogP contribution in [0.2, 0.25) is 0 Å². The predicted molar refractivity (Wildman–Crippen MR) is 79.1 cm³/mol. The molecule has 0 bridgehead atoms. The number of anilines is 2. The number of aromatic amines is 1. The normalized spacial score (nSPS) is 11.9. The zero-order valence-corrected chi connectivity index (χ0v) is 11.4. The van der Waals surface area contributed by atoms with Gasteiger partial charge in [0.05, 0.1) is 0 Å². The molecule has 0 unspecified atom stereocenters. The number of hydrogen-bond acceptors (Lipinski definition) is 5. The number of hydrogen-bond donors (Lipinski definition) is 3. The Balaban J connectivity index is 2.13. The first kappa shape index (κ1) is 12.4. The maximum Gasteiger partial charge on any atom is 0.183 e. The second-order valence-corrected chi connectivity index (χ2v) is 5.29. The molecule has 3 aromatic rings. The predicted octanol–water partition coefficient (Wildman–Crippen LogP) is 1.84. The number of aromatic nitrogens is 4. The largest absolute Gasteiger partial charge is 0.399 e. The Kier molecular flexibility index (Phi) is 2.60. The highest BCUT2D eigenvalue weighted by atomic mass is 15.1. The van der Waals surface area contributed by atoms with Crippen LogP contribution in [0, 0.1) is 0 Å². The lowest BCUT2D eigenvalue weighted by Crippen LogP contribution is -2.20. The Bertz CT molecular complexity index is 757. The zero-order valence-electron chi connectivity index (χ0n) is 11.4. The third kappa shape index (κ3) is 1.85. The summed E-state index contributed by atoms with van der Waals surface area (Å²) in [6, 6.07) is 7.76. The van der Waals surface area contributed by atoms with Gasteiger partial charge in [-0.05, 0) is 31.5 Å². The van der Waals surface area contributed by atoms with E-state index in [1.807, 2.05) is 24.3 Å². The van der Waals surface area contributed by atoms with Crippen molar-refractivity contribution in [3.8, 4) is 0 Å². The monoisotopic (exact) mass is 268 g/mol. The van der Waals surface area contributed by atoms with E-state index in [1.165, 1.54) is 6.33 Å². The summed E-state index contributed by atoms with van der Waals surface area (Å²) in [5, 5.41) is 0. The average Bonchev–Trinajstić information content (AvgIpc) is 2.85. The van der Waals surface area contributed by atoms with Crippen LogP contribution < -0.4 is 11.5 Å². The van der Waals surface area contributed by atoms with Crippen molar-refractivity contribution >= 4 is 22.7 Å². The van der Waals surface area contributed by atoms with E-state index in [9.17, 15) is 0 Å². The van der Waals surface area contributed by atoms with Gasteiger partial charge in [-0.1, -0.05) is 12.1 Å². The minimum atomic E-state index is -0.305. The minimum Gasteiger partial charge on any atom is -0.399 e. The fourth-order valence-corrected chi connectivity index (χ4v) is 2.18. The van der Waals surface area contributed by atoms with Crippen molar-refractivity contribution in [2.75, 3.05) is 11.5 Å². The molecule has 102 valence electrons. The van der Waals surface area contributed by atoms with Crippen molar-refractivity contribution < 1.29 is 0 Å². The maximum absolute atomic E-state index is 5.83. The third-order valence-corrected chi connectivity index (χ3v) is 3.54. The van der Waals surface area contributed by atoms with E-state index in [0.29, 0.717) is 17.0 Å². The third-order valence-electron chi connectivity index (χ3n) is 3.54. The summed E-state index contributed by atoms with van der Waals surface area (Å²) >= 11 is 0. The van der Waals surface area contributed by atoms with E-state index in [-0.39, 0.29) is 5.41 Å². The van der Waals surface area contributed by atoms with Gasteiger partial charge in [0.25, 0.3) is 0 Å². The SMILES string of the molecule is CC(C)(c1ccc(N)cc1)c1nc2ncnc(N)c2[nH]1. The minimum absolute atomic E-state index is 0.305. The highest BCUT2D eigenvalue weighted by Gasteiger charge is 2.27. The average molecular weight is 268 g/mol. The lowest BCUT2D eigenvalue weighted by atomic mass is 9.84. The molecule has 0 amide bonds. The van der Waals surface area contributed by atoms with Gasteiger partial charge in [-0.2, -0.15) is 0 Å². The highest BCUT2D eigenvalue weighted by molar-refractivity contribution is 5.81. The van der Waals surface area contributed by atoms with E-state index in [2.05, 4.69) is 33.8 Å². The van der Waals surface area contributed by atoms with Crippen molar-refractivity contribution in [2.24, 2.45) is 0 Å². The lowest BCUT2D eigenvalue weighted by Gasteiger charge is -2.22. The second kappa shape index (κ2) is 4.19. The number of nitrogens with one attached hydrogen (secondary N) is 1. The number of benzene rings is 1. The van der Waals surface area contributed by atoms with Crippen LogP contribution in [0.3, 0.4) is 0 Å². The van der Waals surface area contributed by atoms with Crippen LogP contribution in [-0.4, -0.2) is 19.9 Å². The molecule has 0 aliphatic carbocycles. The summed E-state index contributed by atoms with van der Waals surface area (Å²) in [5.41, 5.74) is 14.4. The number of imidazole rings is 1. The molecule has 6 heteroatoms. The van der Waals surface area contributed by atoms with Crippen LogP contribution in [0.4, 0.5) is 11.5 Å². The molecule has 0 spiro atoms. The van der Waals surface area contributed by atoms with Crippen LogP contribution in [0.1, 0.15) is 25.2 Å². The molecule has 3 rings (SSSR count). The van der Waals surface area contributed by atoms with Crippen molar-refractivity contribution in [1.29, 1.82) is 0 Å². The first-order valence-corrected chi connectivity index (χ1v) is 6.31. The van der Waals surface area contributed by atoms with Crippen molar-refractivity contribution in [3.05, 3.63) is 42.0 Å². The lowest BCUT2D eigenvalue weighted by molar-refractivity contribution is 0.601. The molecule has 20 heavy (non-hydrogen) atoms. The summed E-state index contributed by atoms with van der Waals surface area (Å²) in [4.78, 5) is 15.8. The Labute approximate surface area is 116 Å². The van der Waals surface area contributed by atoms with Crippen LogP contribution in [0.25, 0.3) is 11.2 Å². The highest BCUT2D eigenvalue weighted by Crippen LogP contribution is 2.31. The van der Waals surface area contributed by atoms with Crippen LogP contribution in [0.15, 0.2) is 30.6 Å². The van der Waals surface area contributed by atoms with Gasteiger partial charge in [0.15, 0.2) is 11.5 Å². The summed E-state index contributed by atoms with van der Waals surface area (Å²) in [7, 11) is 0. The van der Waals surface area contributed by atoms with Crippen LogP contribution in [0.5, 0.6) is 0 Å². The first-order chi connectivity index (χ1) is 9.48. The summed E-state index contributed by atoms with van der Waals surface area (Å²) < 4.78 is 0. The van der Waals surface area contributed by atoms with E-state index in [4.69, 9.17) is 11.5 Å². The smallest absolute Gasteiger partial charge is 0.183 e. The van der Waals surface area contributed by atoms with Crippen LogP contribution in [-0.2, 0) is 5.41 Å². The number of nitrogen functional groups attached to an aromatic ring is 2. The van der Waals surface area contributed by atoms with Gasteiger partial charge in [0.2, 0.25) is 0 Å². The standard InChI is InChI=1S/C14H16N6/c1-14(2,8-3-5-9(15)6-4-8)13-19-10-11(16)17-7-18-12(10)20-13/h3-7H,15H2,1-2H3,(H3,16,17,18,19,20). The number of nitrogens with zero attached hydrogens (tertiary/aromatic N) is 3. The topological polar surface area (TPSA) is 106 Å². The van der Waals surface area contributed by atoms with E-state index in [0.717, 1.165) is 17.1 Å². The molecule has 0 aliphatic rings. The van der Waals surface area contributed by atoms with E-state index >= 15 is 0 Å². The van der Waals surface area contributed by atoms with Gasteiger partial charge < -0.3 is 16.5 Å². The zero-order chi connectivity index (χ0) is 14.3. The summed E-state index contributed by atoms with van der Waals surface area (Å²) in [6.45, 7) is 4.17. The molecular weight excluding hydrogens is 252 g/mol. The van der Waals surface area contributed by atoms with Crippen LogP contribution >= 0.6 is 0 Å². The summed E-state index contributed by atoms with van der Waals surface area (Å²) in [6.07, 6.45) is 1.42. The van der Waals surface area contributed by atoms with Crippen molar-refractivity contribution in [1.82, 2.24) is 19.9 Å². The van der Waals surface area contributed by atoms with Gasteiger partial charge in [-0.15, -0.1) is 0 Å². The molecule has 2 aromatic heterocycles. The fraction of sp³-hybridized carbons (Fsp3) is 0.214.